The highest BCUT2D eigenvalue weighted by molar-refractivity contribution is 6.39. The molecule has 180 valence electrons. The quantitative estimate of drug-likeness (QED) is 0.169. The fourth-order valence-corrected chi connectivity index (χ4v) is 3.00. The van der Waals surface area contributed by atoms with Crippen molar-refractivity contribution in [3.8, 4) is 17.2 Å². The predicted molar refractivity (Wildman–Crippen MR) is 104 cm³/mol. The van der Waals surface area contributed by atoms with Crippen molar-refractivity contribution >= 4 is 18.1 Å². The number of rotatable bonds is 6. The molecule has 0 aliphatic rings. The molecule has 0 aliphatic heterocycles. The maximum absolute atomic E-state index is 14.2. The number of fused-ring (bicyclic) bond motifs is 1. The summed E-state index contributed by atoms with van der Waals surface area (Å²) in [6.45, 7) is 0. The molecule has 0 amide bonds. The molecule has 0 saturated heterocycles. The van der Waals surface area contributed by atoms with Crippen molar-refractivity contribution in [2.24, 2.45) is 0 Å². The standard InChI is InChI=1S/C22H8BF9O3/c24-10-3-6-14(9-1-2-11(25)18(28)17(9)10)33-23(34-15-7-4-12(26)19(29)21(15)31)35-16-8-5-13(27)20(30)22(16)32/h1-8H. The van der Waals surface area contributed by atoms with Gasteiger partial charge in [-0.1, -0.05) is 0 Å². The van der Waals surface area contributed by atoms with Gasteiger partial charge in [0.05, 0.1) is 5.39 Å². The van der Waals surface area contributed by atoms with E-state index in [2.05, 4.69) is 0 Å². The van der Waals surface area contributed by atoms with Crippen molar-refractivity contribution in [2.75, 3.05) is 0 Å². The van der Waals surface area contributed by atoms with E-state index in [1.54, 1.807) is 0 Å². The second kappa shape index (κ2) is 9.32. The van der Waals surface area contributed by atoms with Gasteiger partial charge in [-0.05, 0) is 48.5 Å². The Bertz CT molecular complexity index is 1390. The van der Waals surface area contributed by atoms with Crippen LogP contribution in [-0.2, 0) is 0 Å². The Kier molecular flexibility index (Phi) is 6.42. The van der Waals surface area contributed by atoms with Crippen LogP contribution in [0.15, 0.2) is 48.5 Å². The summed E-state index contributed by atoms with van der Waals surface area (Å²) in [5, 5.41) is -1.25. The van der Waals surface area contributed by atoms with E-state index in [0.29, 0.717) is 36.4 Å². The largest absolute Gasteiger partial charge is 0.864 e. The minimum Gasteiger partial charge on any atom is -0.489 e. The first-order valence-electron chi connectivity index (χ1n) is 9.41. The average molecular weight is 502 g/mol. The lowest BCUT2D eigenvalue weighted by Gasteiger charge is -2.18. The van der Waals surface area contributed by atoms with Gasteiger partial charge in [0, 0.05) is 5.39 Å². The molecule has 0 unspecified atom stereocenters. The minimum atomic E-state index is -2.35. The highest BCUT2D eigenvalue weighted by Crippen LogP contribution is 2.33. The second-order valence-electron chi connectivity index (χ2n) is 6.82. The van der Waals surface area contributed by atoms with E-state index in [0.717, 1.165) is 12.1 Å². The fourth-order valence-electron chi connectivity index (χ4n) is 3.00. The van der Waals surface area contributed by atoms with Crippen LogP contribution in [0.2, 0.25) is 0 Å². The maximum atomic E-state index is 14.2. The summed E-state index contributed by atoms with van der Waals surface area (Å²) in [7, 11) is -2.35. The monoisotopic (exact) mass is 502 g/mol. The molecule has 0 radical (unpaired) electrons. The van der Waals surface area contributed by atoms with E-state index < -0.39 is 87.7 Å². The highest BCUT2D eigenvalue weighted by Gasteiger charge is 2.35. The van der Waals surface area contributed by atoms with Gasteiger partial charge in [-0.25, -0.2) is 30.7 Å². The number of benzene rings is 4. The van der Waals surface area contributed by atoms with Crippen LogP contribution < -0.4 is 14.0 Å². The van der Waals surface area contributed by atoms with Crippen LogP contribution in [0.25, 0.3) is 10.8 Å². The number of hydrogen-bond acceptors (Lipinski definition) is 3. The molecule has 35 heavy (non-hydrogen) atoms. The smallest absolute Gasteiger partial charge is 0.489 e. The molecule has 0 N–H and O–H groups in total. The Morgan fingerprint density at radius 1 is 0.400 bits per heavy atom. The Labute approximate surface area is 190 Å². The normalized spacial score (nSPS) is 11.0. The van der Waals surface area contributed by atoms with Crippen LogP contribution in [0, 0.1) is 52.4 Å². The Hall–Kier alpha value is -4.03. The van der Waals surface area contributed by atoms with Gasteiger partial charge in [0.25, 0.3) is 0 Å². The summed E-state index contributed by atoms with van der Waals surface area (Å²) in [4.78, 5) is 0. The molecule has 13 heteroatoms. The third-order valence-electron chi connectivity index (χ3n) is 4.65. The molecule has 4 rings (SSSR count). The van der Waals surface area contributed by atoms with Gasteiger partial charge in [-0.2, -0.15) is 8.78 Å². The Balaban J connectivity index is 1.78. The van der Waals surface area contributed by atoms with E-state index in [9.17, 15) is 39.5 Å². The molecule has 4 aromatic rings. The van der Waals surface area contributed by atoms with E-state index in [4.69, 9.17) is 14.0 Å². The maximum Gasteiger partial charge on any atom is 0.864 e. The van der Waals surface area contributed by atoms with Crippen molar-refractivity contribution < 1.29 is 53.5 Å². The van der Waals surface area contributed by atoms with Crippen molar-refractivity contribution in [1.29, 1.82) is 0 Å². The molecular weight excluding hydrogens is 494 g/mol. The lowest BCUT2D eigenvalue weighted by molar-refractivity contribution is 0.287. The highest BCUT2D eigenvalue weighted by atomic mass is 19.2. The SMILES string of the molecule is Fc1ccc(OB(Oc2ccc(F)c(F)c2F)Oc2ccc(F)c3c(F)c(F)ccc23)c(F)c1F. The molecule has 0 aromatic heterocycles. The zero-order valence-electron chi connectivity index (χ0n) is 16.8. The summed E-state index contributed by atoms with van der Waals surface area (Å²) in [5.74, 6) is -17.5. The zero-order chi connectivity index (χ0) is 25.4. The molecule has 0 saturated carbocycles. The first-order valence-corrected chi connectivity index (χ1v) is 9.41. The predicted octanol–water partition coefficient (Wildman–Crippen LogP) is 6.61. The lowest BCUT2D eigenvalue weighted by atomic mass is 10.1. The second-order valence-corrected chi connectivity index (χ2v) is 6.82. The molecule has 0 spiro atoms. The first-order chi connectivity index (χ1) is 16.6. The van der Waals surface area contributed by atoms with Gasteiger partial charge in [0.2, 0.25) is 11.6 Å². The molecule has 4 aromatic carbocycles. The molecule has 3 nitrogen and oxygen atoms in total. The average Bonchev–Trinajstić information content (AvgIpc) is 2.83. The van der Waals surface area contributed by atoms with Gasteiger partial charge in [0.15, 0.2) is 34.9 Å². The molecular formula is C22H8BF9O3. The first kappa shape index (κ1) is 24.1. The van der Waals surface area contributed by atoms with Crippen LogP contribution in [0.3, 0.4) is 0 Å². The van der Waals surface area contributed by atoms with Crippen molar-refractivity contribution in [2.45, 2.75) is 0 Å². The lowest BCUT2D eigenvalue weighted by Crippen LogP contribution is -2.37. The van der Waals surface area contributed by atoms with Crippen molar-refractivity contribution in [3.05, 3.63) is 101 Å². The minimum absolute atomic E-state index is 0.391. The van der Waals surface area contributed by atoms with Crippen LogP contribution in [-0.4, -0.2) is 7.32 Å². The zero-order valence-corrected chi connectivity index (χ0v) is 16.8. The molecule has 0 bridgehead atoms. The summed E-state index contributed by atoms with van der Waals surface area (Å²) in [6.07, 6.45) is 0. The summed E-state index contributed by atoms with van der Waals surface area (Å²) in [6, 6.07) is 5.22. The van der Waals surface area contributed by atoms with Gasteiger partial charge >= 0.3 is 7.32 Å². The van der Waals surface area contributed by atoms with E-state index in [-0.39, 0.29) is 0 Å². The summed E-state index contributed by atoms with van der Waals surface area (Å²) >= 11 is 0. The van der Waals surface area contributed by atoms with Gasteiger partial charge < -0.3 is 14.0 Å². The van der Waals surface area contributed by atoms with Gasteiger partial charge in [-0.3, -0.25) is 0 Å². The van der Waals surface area contributed by atoms with Gasteiger partial charge in [0.1, 0.15) is 23.1 Å². The van der Waals surface area contributed by atoms with E-state index in [1.165, 1.54) is 0 Å². The molecule has 0 aliphatic carbocycles. The molecule has 0 heterocycles. The fraction of sp³-hybridized carbons (Fsp3) is 0. The topological polar surface area (TPSA) is 27.7 Å². The summed E-state index contributed by atoms with van der Waals surface area (Å²) < 4.78 is 139. The van der Waals surface area contributed by atoms with Crippen LogP contribution in [0.1, 0.15) is 0 Å². The Morgan fingerprint density at radius 2 is 0.800 bits per heavy atom. The third kappa shape index (κ3) is 4.53. The van der Waals surface area contributed by atoms with E-state index >= 15 is 0 Å². The summed E-state index contributed by atoms with van der Waals surface area (Å²) in [5.41, 5.74) is 0. The molecule has 0 atom stereocenters. The van der Waals surface area contributed by atoms with Crippen LogP contribution in [0.5, 0.6) is 17.2 Å². The molecule has 0 fully saturated rings. The van der Waals surface area contributed by atoms with Crippen LogP contribution in [0.4, 0.5) is 39.5 Å². The number of halogens is 9. The van der Waals surface area contributed by atoms with E-state index in [1.807, 2.05) is 0 Å². The van der Waals surface area contributed by atoms with Gasteiger partial charge in [-0.15, -0.1) is 0 Å². The van der Waals surface area contributed by atoms with Crippen molar-refractivity contribution in [1.82, 2.24) is 0 Å². The third-order valence-corrected chi connectivity index (χ3v) is 4.65. The van der Waals surface area contributed by atoms with Crippen LogP contribution >= 0.6 is 0 Å². The number of hydrogen-bond donors (Lipinski definition) is 0. The Morgan fingerprint density at radius 3 is 1.34 bits per heavy atom. The van der Waals surface area contributed by atoms with Crippen molar-refractivity contribution in [3.63, 3.8) is 0 Å².